The molecular weight excluding hydrogens is 296 g/mol. The predicted octanol–water partition coefficient (Wildman–Crippen LogP) is 0.217. The molecule has 1 N–H and O–H groups in total. The monoisotopic (exact) mass is 322 g/mol. The molecule has 1 aromatic rings. The molecule has 1 fully saturated rings. The molecule has 23 heavy (non-hydrogen) atoms. The van der Waals surface area contributed by atoms with Crippen LogP contribution in [0.5, 0.6) is 0 Å². The lowest BCUT2D eigenvalue weighted by atomic mass is 9.97. The van der Waals surface area contributed by atoms with Gasteiger partial charge in [-0.1, -0.05) is 13.3 Å². The minimum absolute atomic E-state index is 0.0667. The summed E-state index contributed by atoms with van der Waals surface area (Å²) in [7, 11) is 3.12. The number of unbranched alkanes of at least 4 members (excludes halogenated alkanes) is 1. The molecule has 0 bridgehead atoms. The number of hydrogen-bond acceptors (Lipinski definition) is 4. The van der Waals surface area contributed by atoms with Crippen LogP contribution in [0, 0.1) is 5.92 Å². The van der Waals surface area contributed by atoms with E-state index in [1.807, 2.05) is 4.90 Å². The Morgan fingerprint density at radius 3 is 2.74 bits per heavy atom. The van der Waals surface area contributed by atoms with Crippen LogP contribution in [0.4, 0.5) is 5.82 Å². The molecule has 2 rings (SSSR count). The number of nitrogens with one attached hydrogen (secondary N) is 1. The molecule has 7 heteroatoms. The van der Waals surface area contributed by atoms with Gasteiger partial charge in [-0.25, -0.2) is 4.79 Å². The topological polar surface area (TPSA) is 76.3 Å². The van der Waals surface area contributed by atoms with Gasteiger partial charge in [0.15, 0.2) is 0 Å². The van der Waals surface area contributed by atoms with Crippen LogP contribution in [0.3, 0.4) is 0 Å². The zero-order valence-electron chi connectivity index (χ0n) is 14.2. The van der Waals surface area contributed by atoms with Gasteiger partial charge in [-0.05, 0) is 19.3 Å². The fraction of sp³-hybridized carbons (Fsp3) is 0.688. The molecule has 0 spiro atoms. The van der Waals surface area contributed by atoms with E-state index in [1.165, 1.54) is 17.7 Å². The number of carbonyl (C=O) groups excluding carboxylic acids is 1. The van der Waals surface area contributed by atoms with Crippen molar-refractivity contribution in [3.8, 4) is 0 Å². The lowest BCUT2D eigenvalue weighted by Crippen LogP contribution is -2.46. The maximum Gasteiger partial charge on any atom is 0.332 e. The number of anilines is 1. The van der Waals surface area contributed by atoms with Crippen LogP contribution < -0.4 is 21.5 Å². The van der Waals surface area contributed by atoms with Gasteiger partial charge in [0.25, 0.3) is 5.56 Å². The summed E-state index contributed by atoms with van der Waals surface area (Å²) >= 11 is 0. The summed E-state index contributed by atoms with van der Waals surface area (Å²) in [6.45, 7) is 4.08. The van der Waals surface area contributed by atoms with Gasteiger partial charge in [-0.15, -0.1) is 0 Å². The molecule has 1 aromatic heterocycles. The Bertz CT molecular complexity index is 677. The smallest absolute Gasteiger partial charge is 0.332 e. The van der Waals surface area contributed by atoms with E-state index in [1.54, 1.807) is 7.05 Å². The molecule has 128 valence electrons. The molecule has 0 unspecified atom stereocenters. The highest BCUT2D eigenvalue weighted by molar-refractivity contribution is 5.79. The molecule has 0 radical (unpaired) electrons. The highest BCUT2D eigenvalue weighted by Crippen LogP contribution is 2.21. The van der Waals surface area contributed by atoms with Crippen LogP contribution in [0.25, 0.3) is 0 Å². The van der Waals surface area contributed by atoms with Gasteiger partial charge in [-0.3, -0.25) is 18.7 Å². The molecule has 1 atom stereocenters. The second-order valence-electron chi connectivity index (χ2n) is 6.17. The Labute approximate surface area is 135 Å². The van der Waals surface area contributed by atoms with Gasteiger partial charge < -0.3 is 10.2 Å². The minimum atomic E-state index is -0.345. The van der Waals surface area contributed by atoms with Gasteiger partial charge >= 0.3 is 5.69 Å². The van der Waals surface area contributed by atoms with Crippen LogP contribution >= 0.6 is 0 Å². The predicted molar refractivity (Wildman–Crippen MR) is 89.8 cm³/mol. The summed E-state index contributed by atoms with van der Waals surface area (Å²) in [6, 6.07) is 1.47. The Morgan fingerprint density at radius 1 is 1.30 bits per heavy atom. The number of piperidine rings is 1. The Balaban J connectivity index is 2.14. The Morgan fingerprint density at radius 2 is 2.04 bits per heavy atom. The fourth-order valence-corrected chi connectivity index (χ4v) is 2.96. The first kappa shape index (κ1) is 17.3. The van der Waals surface area contributed by atoms with Crippen molar-refractivity contribution in [1.82, 2.24) is 14.5 Å². The fourth-order valence-electron chi connectivity index (χ4n) is 2.96. The van der Waals surface area contributed by atoms with E-state index in [4.69, 9.17) is 0 Å². The quantitative estimate of drug-likeness (QED) is 0.787. The molecule has 2 heterocycles. The maximum atomic E-state index is 12.3. The first-order valence-corrected chi connectivity index (χ1v) is 8.25. The van der Waals surface area contributed by atoms with Gasteiger partial charge in [0.05, 0.1) is 5.92 Å². The molecule has 1 amide bonds. The summed E-state index contributed by atoms with van der Waals surface area (Å²) < 4.78 is 2.56. The van der Waals surface area contributed by atoms with Crippen molar-refractivity contribution in [2.45, 2.75) is 32.6 Å². The normalized spacial score (nSPS) is 18.0. The standard InChI is InChI=1S/C16H26N4O3/c1-4-5-8-17-15(22)12-7-6-9-20(11-12)13-10-14(21)19(3)16(23)18(13)2/h10,12H,4-9,11H2,1-3H3,(H,17,22)/t12-/m1/s1. The molecule has 0 aliphatic carbocycles. The minimum Gasteiger partial charge on any atom is -0.357 e. The second-order valence-corrected chi connectivity index (χ2v) is 6.17. The SMILES string of the molecule is CCCCNC(=O)[C@@H]1CCCN(c2cc(=O)n(C)c(=O)n2C)C1. The second kappa shape index (κ2) is 7.48. The largest absolute Gasteiger partial charge is 0.357 e. The van der Waals surface area contributed by atoms with Crippen molar-refractivity contribution in [1.29, 1.82) is 0 Å². The van der Waals surface area contributed by atoms with Gasteiger partial charge in [0.2, 0.25) is 5.91 Å². The first-order valence-electron chi connectivity index (χ1n) is 8.25. The highest BCUT2D eigenvalue weighted by atomic mass is 16.2. The van der Waals surface area contributed by atoms with Gasteiger partial charge in [-0.2, -0.15) is 0 Å². The van der Waals surface area contributed by atoms with Crippen molar-refractivity contribution < 1.29 is 4.79 Å². The van der Waals surface area contributed by atoms with Crippen LogP contribution in [0.1, 0.15) is 32.6 Å². The first-order chi connectivity index (χ1) is 11.0. The average molecular weight is 322 g/mol. The summed E-state index contributed by atoms with van der Waals surface area (Å²) in [4.78, 5) is 38.2. The molecule has 1 aliphatic heterocycles. The highest BCUT2D eigenvalue weighted by Gasteiger charge is 2.27. The molecule has 0 saturated carbocycles. The van der Waals surface area contributed by atoms with E-state index in [9.17, 15) is 14.4 Å². The van der Waals surface area contributed by atoms with Crippen LogP contribution in [0.2, 0.25) is 0 Å². The number of aromatic nitrogens is 2. The van der Waals surface area contributed by atoms with Crippen molar-refractivity contribution >= 4 is 11.7 Å². The maximum absolute atomic E-state index is 12.3. The third-order valence-electron chi connectivity index (χ3n) is 4.45. The summed E-state index contributed by atoms with van der Waals surface area (Å²) in [5.74, 6) is 0.556. The van der Waals surface area contributed by atoms with E-state index in [-0.39, 0.29) is 23.1 Å². The number of amides is 1. The van der Waals surface area contributed by atoms with Crippen molar-refractivity contribution in [3.05, 3.63) is 26.9 Å². The molecular formula is C16H26N4O3. The molecule has 1 saturated heterocycles. The van der Waals surface area contributed by atoms with E-state index in [2.05, 4.69) is 12.2 Å². The Hall–Kier alpha value is -2.05. The summed E-state index contributed by atoms with van der Waals surface area (Å²) in [6.07, 6.45) is 3.74. The lowest BCUT2D eigenvalue weighted by Gasteiger charge is -2.34. The number of hydrogen-bond donors (Lipinski definition) is 1. The zero-order chi connectivity index (χ0) is 17.0. The van der Waals surface area contributed by atoms with Crippen LogP contribution in [-0.4, -0.2) is 34.7 Å². The number of rotatable bonds is 5. The summed E-state index contributed by atoms with van der Waals surface area (Å²) in [5.41, 5.74) is -0.667. The van der Waals surface area contributed by atoms with E-state index < -0.39 is 0 Å². The zero-order valence-corrected chi connectivity index (χ0v) is 14.2. The van der Waals surface area contributed by atoms with E-state index in [0.29, 0.717) is 18.9 Å². The van der Waals surface area contributed by atoms with E-state index in [0.717, 1.165) is 36.8 Å². The van der Waals surface area contributed by atoms with Crippen molar-refractivity contribution in [2.24, 2.45) is 20.0 Å². The van der Waals surface area contributed by atoms with Crippen molar-refractivity contribution in [2.75, 3.05) is 24.5 Å². The van der Waals surface area contributed by atoms with E-state index >= 15 is 0 Å². The Kier molecular flexibility index (Phi) is 5.63. The lowest BCUT2D eigenvalue weighted by molar-refractivity contribution is -0.125. The molecule has 0 aromatic carbocycles. The van der Waals surface area contributed by atoms with Crippen LogP contribution in [0.15, 0.2) is 15.7 Å². The molecule has 7 nitrogen and oxygen atoms in total. The summed E-state index contributed by atoms with van der Waals surface area (Å²) in [5, 5.41) is 2.97. The number of carbonyl (C=O) groups is 1. The average Bonchev–Trinajstić information content (AvgIpc) is 2.56. The third-order valence-corrected chi connectivity index (χ3v) is 4.45. The van der Waals surface area contributed by atoms with Gasteiger partial charge in [0, 0.05) is 39.8 Å². The van der Waals surface area contributed by atoms with Crippen molar-refractivity contribution in [3.63, 3.8) is 0 Å². The number of nitrogens with zero attached hydrogens (tertiary/aromatic N) is 3. The van der Waals surface area contributed by atoms with Gasteiger partial charge in [0.1, 0.15) is 5.82 Å². The molecule has 1 aliphatic rings. The third kappa shape index (κ3) is 3.83. The van der Waals surface area contributed by atoms with Crippen LogP contribution in [-0.2, 0) is 18.9 Å².